The lowest BCUT2D eigenvalue weighted by Gasteiger charge is -2.17. The van der Waals surface area contributed by atoms with Crippen LogP contribution >= 0.6 is 27.5 Å². The molecule has 2 aromatic rings. The van der Waals surface area contributed by atoms with Gasteiger partial charge in [0, 0.05) is 11.0 Å². The van der Waals surface area contributed by atoms with Crippen LogP contribution in [-0.2, 0) is 6.54 Å². The zero-order valence-electron chi connectivity index (χ0n) is 10.3. The molecule has 0 aliphatic carbocycles. The summed E-state index contributed by atoms with van der Waals surface area (Å²) in [6, 6.07) is 15.7. The smallest absolute Gasteiger partial charge is 0.0626 e. The van der Waals surface area contributed by atoms with Gasteiger partial charge in [0.05, 0.1) is 17.7 Å². The topological polar surface area (TPSA) is 32.3 Å². The lowest BCUT2D eigenvalue weighted by Crippen LogP contribution is -2.23. The monoisotopic (exact) mass is 339 g/mol. The third kappa shape index (κ3) is 4.05. The van der Waals surface area contributed by atoms with E-state index in [4.69, 9.17) is 11.6 Å². The molecule has 0 radical (unpaired) electrons. The van der Waals surface area contributed by atoms with Crippen LogP contribution in [0.5, 0.6) is 0 Å². The van der Waals surface area contributed by atoms with Crippen molar-refractivity contribution in [3.05, 3.63) is 69.2 Å². The molecule has 0 aromatic heterocycles. The van der Waals surface area contributed by atoms with Crippen LogP contribution in [-0.4, -0.2) is 11.7 Å². The van der Waals surface area contributed by atoms with Crippen LogP contribution in [0.15, 0.2) is 53.0 Å². The number of hydrogen-bond acceptors (Lipinski definition) is 2. The van der Waals surface area contributed by atoms with Crippen molar-refractivity contribution < 1.29 is 5.11 Å². The molecule has 0 saturated carbocycles. The van der Waals surface area contributed by atoms with E-state index in [1.54, 1.807) is 0 Å². The largest absolute Gasteiger partial charge is 0.394 e. The Morgan fingerprint density at radius 1 is 1.16 bits per heavy atom. The molecule has 2 nitrogen and oxygen atoms in total. The normalized spacial score (nSPS) is 12.4. The second kappa shape index (κ2) is 7.06. The second-order valence-electron chi connectivity index (χ2n) is 4.28. The fourth-order valence-corrected chi connectivity index (χ4v) is 2.37. The summed E-state index contributed by atoms with van der Waals surface area (Å²) in [7, 11) is 0. The van der Waals surface area contributed by atoms with Crippen LogP contribution in [0.2, 0.25) is 5.02 Å². The standard InChI is InChI=1S/C15H15BrClNO/c16-13-8-12(6-7-14(13)17)15(10-19)18-9-11-4-2-1-3-5-11/h1-8,15,18-19H,9-10H2. The highest BCUT2D eigenvalue weighted by atomic mass is 79.9. The van der Waals surface area contributed by atoms with Crippen LogP contribution in [0.4, 0.5) is 0 Å². The Morgan fingerprint density at radius 3 is 2.53 bits per heavy atom. The number of rotatable bonds is 5. The van der Waals surface area contributed by atoms with Gasteiger partial charge in [-0.05, 0) is 39.2 Å². The Kier molecular flexibility index (Phi) is 5.40. The van der Waals surface area contributed by atoms with Gasteiger partial charge in [-0.3, -0.25) is 0 Å². The van der Waals surface area contributed by atoms with E-state index >= 15 is 0 Å². The first-order chi connectivity index (χ1) is 9.20. The molecule has 0 aliphatic rings. The number of hydrogen-bond donors (Lipinski definition) is 2. The predicted octanol–water partition coefficient (Wildman–Crippen LogP) is 3.93. The van der Waals surface area contributed by atoms with Crippen LogP contribution in [0.1, 0.15) is 17.2 Å². The number of halogens is 2. The molecule has 19 heavy (non-hydrogen) atoms. The van der Waals surface area contributed by atoms with Gasteiger partial charge in [-0.1, -0.05) is 48.0 Å². The van der Waals surface area contributed by atoms with Crippen molar-refractivity contribution in [2.45, 2.75) is 12.6 Å². The van der Waals surface area contributed by atoms with Crippen molar-refractivity contribution in [3.8, 4) is 0 Å². The summed E-state index contributed by atoms with van der Waals surface area (Å²) in [5.74, 6) is 0. The summed E-state index contributed by atoms with van der Waals surface area (Å²) >= 11 is 9.37. The summed E-state index contributed by atoms with van der Waals surface area (Å²) < 4.78 is 0.839. The highest BCUT2D eigenvalue weighted by Crippen LogP contribution is 2.26. The average molecular weight is 341 g/mol. The molecule has 0 amide bonds. The van der Waals surface area contributed by atoms with Crippen molar-refractivity contribution in [1.82, 2.24) is 5.32 Å². The minimum absolute atomic E-state index is 0.0426. The van der Waals surface area contributed by atoms with Gasteiger partial charge in [-0.2, -0.15) is 0 Å². The Morgan fingerprint density at radius 2 is 1.89 bits per heavy atom. The summed E-state index contributed by atoms with van der Waals surface area (Å²) in [5, 5.41) is 13.5. The minimum atomic E-state index is -0.103. The van der Waals surface area contributed by atoms with Crippen LogP contribution in [0.3, 0.4) is 0 Å². The summed E-state index contributed by atoms with van der Waals surface area (Å²) in [5.41, 5.74) is 2.20. The van der Waals surface area contributed by atoms with Gasteiger partial charge in [0.15, 0.2) is 0 Å². The second-order valence-corrected chi connectivity index (χ2v) is 5.54. The first-order valence-corrected chi connectivity index (χ1v) is 7.21. The van der Waals surface area contributed by atoms with Crippen LogP contribution in [0.25, 0.3) is 0 Å². The van der Waals surface area contributed by atoms with Gasteiger partial charge in [-0.25, -0.2) is 0 Å². The SMILES string of the molecule is OCC(NCc1ccccc1)c1ccc(Cl)c(Br)c1. The Labute approximate surface area is 126 Å². The Bertz CT molecular complexity index is 533. The number of aliphatic hydroxyl groups excluding tert-OH is 1. The van der Waals surface area contributed by atoms with Crippen molar-refractivity contribution in [3.63, 3.8) is 0 Å². The molecule has 0 saturated heterocycles. The fourth-order valence-electron chi connectivity index (χ4n) is 1.85. The fraction of sp³-hybridized carbons (Fsp3) is 0.200. The Balaban J connectivity index is 2.05. The Hall–Kier alpha value is -0.870. The van der Waals surface area contributed by atoms with Crippen molar-refractivity contribution in [2.75, 3.05) is 6.61 Å². The molecule has 2 N–H and O–H groups in total. The van der Waals surface area contributed by atoms with Crippen molar-refractivity contribution in [2.24, 2.45) is 0 Å². The molecule has 0 fully saturated rings. The zero-order chi connectivity index (χ0) is 13.7. The van der Waals surface area contributed by atoms with E-state index in [0.29, 0.717) is 11.6 Å². The molecule has 1 unspecified atom stereocenters. The lowest BCUT2D eigenvalue weighted by atomic mass is 10.1. The van der Waals surface area contributed by atoms with Crippen LogP contribution < -0.4 is 5.32 Å². The minimum Gasteiger partial charge on any atom is -0.394 e. The van der Waals surface area contributed by atoms with E-state index in [2.05, 4.69) is 33.4 Å². The summed E-state index contributed by atoms with van der Waals surface area (Å²) in [6.45, 7) is 0.757. The maximum absolute atomic E-state index is 9.51. The molecule has 4 heteroatoms. The van der Waals surface area contributed by atoms with E-state index in [0.717, 1.165) is 10.0 Å². The van der Waals surface area contributed by atoms with E-state index < -0.39 is 0 Å². The molecule has 0 aliphatic heterocycles. The molecule has 0 heterocycles. The first-order valence-electron chi connectivity index (χ1n) is 6.04. The molecular weight excluding hydrogens is 326 g/mol. The molecule has 100 valence electrons. The number of aliphatic hydroxyl groups is 1. The molecule has 2 aromatic carbocycles. The van der Waals surface area contributed by atoms with Gasteiger partial charge >= 0.3 is 0 Å². The summed E-state index contributed by atoms with van der Waals surface area (Å²) in [4.78, 5) is 0. The lowest BCUT2D eigenvalue weighted by molar-refractivity contribution is 0.243. The predicted molar refractivity (Wildman–Crippen MR) is 82.3 cm³/mol. The maximum Gasteiger partial charge on any atom is 0.0626 e. The third-order valence-electron chi connectivity index (χ3n) is 2.92. The summed E-state index contributed by atoms with van der Waals surface area (Å²) in [6.07, 6.45) is 0. The zero-order valence-corrected chi connectivity index (χ0v) is 12.7. The molecular formula is C15H15BrClNO. The third-order valence-corrected chi connectivity index (χ3v) is 4.14. The molecule has 0 bridgehead atoms. The molecule has 0 spiro atoms. The van der Waals surface area contributed by atoms with Gasteiger partial charge in [0.1, 0.15) is 0 Å². The first kappa shape index (κ1) is 14.5. The highest BCUT2D eigenvalue weighted by molar-refractivity contribution is 9.10. The molecule has 2 rings (SSSR count). The maximum atomic E-state index is 9.51. The number of nitrogens with one attached hydrogen (secondary N) is 1. The quantitative estimate of drug-likeness (QED) is 0.864. The van der Waals surface area contributed by atoms with Gasteiger partial charge in [0.2, 0.25) is 0 Å². The van der Waals surface area contributed by atoms with E-state index in [9.17, 15) is 5.11 Å². The highest BCUT2D eigenvalue weighted by Gasteiger charge is 2.11. The van der Waals surface area contributed by atoms with E-state index in [-0.39, 0.29) is 12.6 Å². The van der Waals surface area contributed by atoms with Gasteiger partial charge in [-0.15, -0.1) is 0 Å². The van der Waals surface area contributed by atoms with Crippen molar-refractivity contribution >= 4 is 27.5 Å². The molecule has 1 atom stereocenters. The van der Waals surface area contributed by atoms with Gasteiger partial charge in [0.25, 0.3) is 0 Å². The van der Waals surface area contributed by atoms with Crippen LogP contribution in [0, 0.1) is 0 Å². The van der Waals surface area contributed by atoms with Gasteiger partial charge < -0.3 is 10.4 Å². The van der Waals surface area contributed by atoms with E-state index in [1.165, 1.54) is 5.56 Å². The van der Waals surface area contributed by atoms with E-state index in [1.807, 2.05) is 36.4 Å². The van der Waals surface area contributed by atoms with Crippen molar-refractivity contribution in [1.29, 1.82) is 0 Å². The number of benzene rings is 2. The average Bonchev–Trinajstić information content (AvgIpc) is 2.44.